The van der Waals surface area contributed by atoms with Crippen molar-refractivity contribution in [3.05, 3.63) is 118 Å². The van der Waals surface area contributed by atoms with Crippen molar-refractivity contribution in [2.45, 2.75) is 175 Å². The van der Waals surface area contributed by atoms with Crippen molar-refractivity contribution in [2.75, 3.05) is 90.2 Å². The predicted molar refractivity (Wildman–Crippen MR) is 377 cm³/mol. The molecule has 27 nitrogen and oxygen atoms in total. The molecule has 4 amide bonds. The second-order valence-corrected chi connectivity index (χ2v) is 30.7. The Balaban J connectivity index is 0.000000150. The Kier molecular flexibility index (Phi) is 24.2. The molecule has 0 atom stereocenters. The third-order valence-electron chi connectivity index (χ3n) is 20.3. The van der Waals surface area contributed by atoms with Crippen molar-refractivity contribution < 1.29 is 94.3 Å². The van der Waals surface area contributed by atoms with Gasteiger partial charge in [0.1, 0.15) is 66.6 Å². The number of amides is 4. The van der Waals surface area contributed by atoms with E-state index in [2.05, 4.69) is 40.2 Å². The second-order valence-electron chi connectivity index (χ2n) is 30.7. The number of hydrogen-bond acceptors (Lipinski definition) is 21. The molecular formula is C74H91F5N12O15. The summed E-state index contributed by atoms with van der Waals surface area (Å²) in [5.74, 6) is -6.23. The number of aromatic nitrogens is 5. The quantitative estimate of drug-likeness (QED) is 0.0437. The monoisotopic (exact) mass is 1480 g/mol. The van der Waals surface area contributed by atoms with Gasteiger partial charge < -0.3 is 49.6 Å². The van der Waals surface area contributed by atoms with Crippen molar-refractivity contribution in [2.24, 2.45) is 16.2 Å². The number of aromatic carboxylic acids is 2. The van der Waals surface area contributed by atoms with E-state index in [9.17, 15) is 70.2 Å². The fraction of sp³-hybridized carbons (Fsp3) is 0.541. The first-order valence-electron chi connectivity index (χ1n) is 35.1. The van der Waals surface area contributed by atoms with Gasteiger partial charge >= 0.3 is 36.3 Å². The number of piperidine rings is 3. The van der Waals surface area contributed by atoms with E-state index in [0.717, 1.165) is 81.5 Å². The SMILES string of the molecule is C1CC2(CCN1)CC2.CC(=O)c1ccc(F)nc1F.CC(=O)c1ccc(N2C(=O)OCC2(C)C)nc1F.CC(=O)c1ccc(N2C(=O)OCC2(C)C)nc1N1CCC2(CC1)CC2.CC1(C)COC(=O)N1.CC1(C)COC(=O)N1c1ccc(C(=O)O)c(N2CCC3(CC2)CC3)n1.O=C(O)c1ccc(F)nc1F. The van der Waals surface area contributed by atoms with Gasteiger partial charge in [0, 0.05) is 26.2 Å². The number of carbonyl (C=O) groups is 9. The molecular weight excluding hydrogens is 1390 g/mol. The normalized spacial score (nSPS) is 20.5. The van der Waals surface area contributed by atoms with Crippen LogP contribution in [0.3, 0.4) is 0 Å². The number of ketones is 3. The van der Waals surface area contributed by atoms with Crippen molar-refractivity contribution in [3.8, 4) is 0 Å². The first-order valence-corrected chi connectivity index (χ1v) is 35.1. The minimum absolute atomic E-state index is 0.00372. The summed E-state index contributed by atoms with van der Waals surface area (Å²) in [4.78, 5) is 129. The Hall–Kier alpha value is -10.0. The van der Waals surface area contributed by atoms with Gasteiger partial charge in [-0.1, -0.05) is 0 Å². The van der Waals surface area contributed by atoms with Crippen LogP contribution in [0.15, 0.2) is 60.7 Å². The number of ether oxygens (including phenoxy) is 4. The molecule has 7 saturated heterocycles. The minimum atomic E-state index is -1.46. The summed E-state index contributed by atoms with van der Waals surface area (Å²) in [6.45, 7) is 26.5. The molecule has 3 aliphatic carbocycles. The van der Waals surface area contributed by atoms with E-state index in [1.165, 1.54) is 100 Å². The lowest BCUT2D eigenvalue weighted by Crippen LogP contribution is -2.43. The number of nitrogens with zero attached hydrogens (tertiary/aromatic N) is 10. The van der Waals surface area contributed by atoms with Gasteiger partial charge in [0.05, 0.1) is 38.8 Å². The van der Waals surface area contributed by atoms with Crippen molar-refractivity contribution in [1.29, 1.82) is 0 Å². The number of rotatable bonds is 10. The van der Waals surface area contributed by atoms with Gasteiger partial charge in [0.25, 0.3) is 0 Å². The molecule has 0 radical (unpaired) electrons. The third kappa shape index (κ3) is 19.7. The van der Waals surface area contributed by atoms with E-state index >= 15 is 0 Å². The Bertz CT molecular complexity index is 3990. The Morgan fingerprint density at radius 3 is 1.00 bits per heavy atom. The smallest absolute Gasteiger partial charge is 0.416 e. The van der Waals surface area contributed by atoms with E-state index in [4.69, 9.17) is 24.3 Å². The lowest BCUT2D eigenvalue weighted by Gasteiger charge is -2.35. The van der Waals surface area contributed by atoms with E-state index in [1.54, 1.807) is 49.9 Å². The Morgan fingerprint density at radius 2 is 0.717 bits per heavy atom. The van der Waals surface area contributed by atoms with Gasteiger partial charge in [0.2, 0.25) is 29.7 Å². The standard InChI is InChI=1S/C19H25N3O3.C18H23N3O4.C12H13FN2O3.C7H5F2NO.C7H13N.C6H3F2NO2.C5H9NO2/c1-13(23)14-4-5-15(22-17(24)25-12-18(22,2)3)20-16(14)21-10-8-19(6-7-19)9-11-21;1-17(2)11-25-16(24)21(17)13-4-3-12(15(22)23)14(19-13)20-9-7-18(5-6-18)8-10-20;1-7(16)8-4-5-9(14-10(8)13)15-11(17)18-6-12(15,2)3;1-4(11)5-2-3-6(8)10-7(5)9;1-2-7(1)3-5-8-6-4-7;7-4-2-1-3(6(10)11)5(8)9-4;1-5(2)3-8-4(7)6-5/h4-5H,6-12H2,1-3H3;3-4H,5-11H2,1-2H3,(H,22,23);4-5H,6H2,1-3H3;2-3H,1H3;8H,1-6H2;1-2H,(H,10,11);3H2,1-2H3,(H,6,7). The first kappa shape index (κ1) is 80.1. The fourth-order valence-electron chi connectivity index (χ4n) is 13.1. The molecule has 3 spiro atoms. The largest absolute Gasteiger partial charge is 0.478 e. The molecule has 10 fully saturated rings. The zero-order valence-corrected chi connectivity index (χ0v) is 61.4. The average molecular weight is 1480 g/mol. The number of carboxylic acids is 2. The number of hydrogen-bond donors (Lipinski definition) is 4. The van der Waals surface area contributed by atoms with Crippen LogP contribution in [0.1, 0.15) is 205 Å². The maximum atomic E-state index is 13.6. The summed E-state index contributed by atoms with van der Waals surface area (Å²) >= 11 is 0. The van der Waals surface area contributed by atoms with Gasteiger partial charge in [-0.05, 0) is 243 Å². The summed E-state index contributed by atoms with van der Waals surface area (Å²) in [7, 11) is 0. The molecule has 0 aromatic carbocycles. The average Bonchev–Trinajstić information content (AvgIpc) is 1.49. The van der Waals surface area contributed by atoms with Crippen LogP contribution in [0.25, 0.3) is 0 Å². The maximum absolute atomic E-state index is 13.6. The summed E-state index contributed by atoms with van der Waals surface area (Å²) in [5, 5.41) is 23.8. The predicted octanol–water partition coefficient (Wildman–Crippen LogP) is 12.7. The molecule has 15 rings (SSSR count). The number of carboxylic acid groups (broad SMARTS) is 2. The fourth-order valence-corrected chi connectivity index (χ4v) is 13.1. The van der Waals surface area contributed by atoms with Gasteiger partial charge in [-0.25, -0.2) is 43.7 Å². The van der Waals surface area contributed by atoms with E-state index in [-0.39, 0.29) is 59.2 Å². The Morgan fingerprint density at radius 1 is 0.396 bits per heavy atom. The minimum Gasteiger partial charge on any atom is -0.478 e. The molecule has 0 bridgehead atoms. The molecule has 572 valence electrons. The van der Waals surface area contributed by atoms with E-state index in [0.29, 0.717) is 52.9 Å². The van der Waals surface area contributed by atoms with E-state index < -0.39 is 87.6 Å². The highest BCUT2D eigenvalue weighted by Crippen LogP contribution is 2.55. The lowest BCUT2D eigenvalue weighted by atomic mass is 9.93. The number of pyridine rings is 5. The maximum Gasteiger partial charge on any atom is 0.416 e. The van der Waals surface area contributed by atoms with Crippen LogP contribution >= 0.6 is 0 Å². The summed E-state index contributed by atoms with van der Waals surface area (Å²) in [6, 6.07) is 13.1. The number of Topliss-reactive ketones (excluding diaryl/α,β-unsaturated/α-hetero) is 3. The number of cyclic esters (lactones) is 4. The lowest BCUT2D eigenvalue weighted by molar-refractivity contribution is 0.0682. The molecule has 10 aliphatic rings. The summed E-state index contributed by atoms with van der Waals surface area (Å²) in [6.07, 6.45) is 14.0. The highest BCUT2D eigenvalue weighted by molar-refractivity contribution is 6.00. The molecule has 0 unspecified atom stereocenters. The molecule has 5 aromatic rings. The van der Waals surface area contributed by atoms with Gasteiger partial charge in [-0.2, -0.15) is 31.9 Å². The van der Waals surface area contributed by atoms with Crippen LogP contribution in [0.2, 0.25) is 0 Å². The first-order chi connectivity index (χ1) is 49.7. The third-order valence-corrected chi connectivity index (χ3v) is 20.3. The molecule has 106 heavy (non-hydrogen) atoms. The molecule has 12 heterocycles. The van der Waals surface area contributed by atoms with E-state index in [1.807, 2.05) is 46.4 Å². The number of nitrogens with one attached hydrogen (secondary N) is 2. The molecule has 32 heteroatoms. The number of alkyl carbamates (subject to hydrolysis) is 1. The van der Waals surface area contributed by atoms with Crippen LogP contribution in [0.5, 0.6) is 0 Å². The molecule has 5 aromatic heterocycles. The van der Waals surface area contributed by atoms with Gasteiger partial charge in [-0.3, -0.25) is 29.1 Å². The summed E-state index contributed by atoms with van der Waals surface area (Å²) in [5.41, 5.74) is 0.120. The van der Waals surface area contributed by atoms with Crippen LogP contribution in [0.4, 0.5) is 70.2 Å². The summed E-state index contributed by atoms with van der Waals surface area (Å²) < 4.78 is 82.6. The second kappa shape index (κ2) is 32.0. The molecule has 3 saturated carbocycles. The van der Waals surface area contributed by atoms with Crippen molar-refractivity contribution in [1.82, 2.24) is 35.6 Å². The van der Waals surface area contributed by atoms with Gasteiger partial charge in [-0.15, -0.1) is 0 Å². The number of carbonyl (C=O) groups excluding carboxylic acids is 7. The van der Waals surface area contributed by atoms with Crippen LogP contribution < -0.4 is 35.1 Å². The van der Waals surface area contributed by atoms with Crippen LogP contribution in [-0.2, 0) is 18.9 Å². The number of halogens is 5. The van der Waals surface area contributed by atoms with Crippen molar-refractivity contribution >= 4 is 82.8 Å². The van der Waals surface area contributed by atoms with Gasteiger partial charge in [0.15, 0.2) is 17.3 Å². The van der Waals surface area contributed by atoms with Crippen LogP contribution in [0, 0.1) is 46.0 Å². The zero-order chi connectivity index (χ0) is 77.6. The highest BCUT2D eigenvalue weighted by Gasteiger charge is 2.49. The van der Waals surface area contributed by atoms with Crippen molar-refractivity contribution in [3.63, 3.8) is 0 Å². The zero-order valence-electron chi connectivity index (χ0n) is 61.4. The molecule has 7 aliphatic heterocycles. The highest BCUT2D eigenvalue weighted by atomic mass is 19.2. The number of anilines is 5. The van der Waals surface area contributed by atoms with Crippen LogP contribution in [-0.4, -0.2) is 177 Å². The Labute approximate surface area is 610 Å². The topological polar surface area (TPSA) is 336 Å². The molecule has 4 N–H and O–H groups in total.